The predicted molar refractivity (Wildman–Crippen MR) is 57.0 cm³/mol. The highest BCUT2D eigenvalue weighted by atomic mass is 16.4. The van der Waals surface area contributed by atoms with Crippen LogP contribution in [0, 0.1) is 0 Å². The van der Waals surface area contributed by atoms with Gasteiger partial charge < -0.3 is 10.8 Å². The summed E-state index contributed by atoms with van der Waals surface area (Å²) in [6.07, 6.45) is 0. The largest absolute Gasteiger partial charge is 0.478 e. The molecule has 0 spiro atoms. The van der Waals surface area contributed by atoms with E-state index in [9.17, 15) is 9.59 Å². The lowest BCUT2D eigenvalue weighted by Gasteiger charge is -2.05. The van der Waals surface area contributed by atoms with Crippen molar-refractivity contribution >= 4 is 17.4 Å². The Morgan fingerprint density at radius 3 is 2.40 bits per heavy atom. The van der Waals surface area contributed by atoms with Crippen molar-refractivity contribution in [2.45, 2.75) is 6.92 Å². The number of rotatable bonds is 3. The maximum Gasteiger partial charge on any atom is 0.336 e. The van der Waals surface area contributed by atoms with Crippen LogP contribution in [0.2, 0.25) is 0 Å². The van der Waals surface area contributed by atoms with Gasteiger partial charge in [-0.05, 0) is 30.7 Å². The molecule has 4 heteroatoms. The summed E-state index contributed by atoms with van der Waals surface area (Å²) in [5.74, 6) is -1.56. The molecule has 15 heavy (non-hydrogen) atoms. The van der Waals surface area contributed by atoms with Gasteiger partial charge in [0.2, 0.25) is 0 Å². The number of nitrogens with two attached hydrogens (primary N) is 1. The molecule has 1 aromatic rings. The number of hydrogen-bond acceptors (Lipinski definition) is 3. The molecular weight excluding hydrogens is 194 g/mol. The Labute approximate surface area is 87.0 Å². The van der Waals surface area contributed by atoms with Crippen molar-refractivity contribution in [3.05, 3.63) is 41.5 Å². The average molecular weight is 205 g/mol. The Bertz CT molecular complexity index is 449. The Kier molecular flexibility index (Phi) is 2.90. The molecule has 0 amide bonds. The molecular formula is C11H11NO3. The minimum atomic E-state index is -1.15. The number of Topliss-reactive ketones (excluding diaryl/α,β-unsaturated/α-hetero) is 1. The van der Waals surface area contributed by atoms with Crippen LogP contribution in [0.3, 0.4) is 0 Å². The van der Waals surface area contributed by atoms with Crippen molar-refractivity contribution in [3.8, 4) is 0 Å². The highest BCUT2D eigenvalue weighted by Gasteiger charge is 2.16. The predicted octanol–water partition coefficient (Wildman–Crippen LogP) is 1.73. The summed E-state index contributed by atoms with van der Waals surface area (Å²) in [6, 6.07) is 4.10. The molecule has 0 saturated heterocycles. The first-order valence-corrected chi connectivity index (χ1v) is 4.26. The van der Waals surface area contributed by atoms with Gasteiger partial charge >= 0.3 is 5.97 Å². The van der Waals surface area contributed by atoms with E-state index in [0.717, 1.165) is 0 Å². The number of benzene rings is 1. The number of hydrogen-bond donors (Lipinski definition) is 2. The zero-order chi connectivity index (χ0) is 11.6. The minimum Gasteiger partial charge on any atom is -0.478 e. The van der Waals surface area contributed by atoms with Crippen LogP contribution in [-0.4, -0.2) is 16.9 Å². The number of carboxylic acids is 1. The van der Waals surface area contributed by atoms with Gasteiger partial charge in [-0.3, -0.25) is 4.79 Å². The third-order valence-corrected chi connectivity index (χ3v) is 1.91. The first-order valence-electron chi connectivity index (χ1n) is 4.26. The van der Waals surface area contributed by atoms with Crippen LogP contribution in [-0.2, 0) is 0 Å². The molecule has 0 aliphatic rings. The molecule has 0 bridgehead atoms. The van der Waals surface area contributed by atoms with Crippen LogP contribution in [0.25, 0.3) is 0 Å². The van der Waals surface area contributed by atoms with Crippen LogP contribution in [0.15, 0.2) is 30.4 Å². The molecule has 0 aliphatic heterocycles. The lowest BCUT2D eigenvalue weighted by atomic mass is 9.99. The van der Waals surface area contributed by atoms with Crippen LogP contribution in [0.5, 0.6) is 0 Å². The molecule has 3 N–H and O–H groups in total. The Morgan fingerprint density at radius 2 is 1.93 bits per heavy atom. The molecule has 0 radical (unpaired) electrons. The summed E-state index contributed by atoms with van der Waals surface area (Å²) < 4.78 is 0. The normalized spacial score (nSPS) is 9.67. The first kappa shape index (κ1) is 11.0. The molecule has 0 heterocycles. The fourth-order valence-electron chi connectivity index (χ4n) is 1.17. The van der Waals surface area contributed by atoms with Gasteiger partial charge in [-0.2, -0.15) is 0 Å². The minimum absolute atomic E-state index is 0.0581. The van der Waals surface area contributed by atoms with Crippen LogP contribution in [0.4, 0.5) is 5.69 Å². The SMILES string of the molecule is C=C(C)C(=O)c1cc(N)ccc1C(=O)O. The molecule has 0 aliphatic carbocycles. The molecule has 0 saturated carbocycles. The van der Waals surface area contributed by atoms with E-state index in [1.165, 1.54) is 25.1 Å². The summed E-state index contributed by atoms with van der Waals surface area (Å²) in [5, 5.41) is 8.86. The zero-order valence-corrected chi connectivity index (χ0v) is 8.28. The van der Waals surface area contributed by atoms with Crippen LogP contribution < -0.4 is 5.73 Å². The number of allylic oxidation sites excluding steroid dienone is 1. The van der Waals surface area contributed by atoms with Crippen molar-refractivity contribution in [2.75, 3.05) is 5.73 Å². The number of carbonyl (C=O) groups excluding carboxylic acids is 1. The zero-order valence-electron chi connectivity index (χ0n) is 8.28. The van der Waals surface area contributed by atoms with Crippen molar-refractivity contribution in [2.24, 2.45) is 0 Å². The topological polar surface area (TPSA) is 80.4 Å². The van der Waals surface area contributed by atoms with E-state index in [1.54, 1.807) is 0 Å². The van der Waals surface area contributed by atoms with Gasteiger partial charge in [-0.15, -0.1) is 0 Å². The molecule has 4 nitrogen and oxygen atoms in total. The van der Waals surface area contributed by atoms with Gasteiger partial charge in [0.25, 0.3) is 0 Å². The van der Waals surface area contributed by atoms with Gasteiger partial charge in [0, 0.05) is 11.3 Å². The second kappa shape index (κ2) is 3.96. The third kappa shape index (κ3) is 2.22. The van der Waals surface area contributed by atoms with E-state index in [4.69, 9.17) is 10.8 Å². The maximum atomic E-state index is 11.6. The summed E-state index contributed by atoms with van der Waals surface area (Å²) in [4.78, 5) is 22.4. The van der Waals surface area contributed by atoms with E-state index in [-0.39, 0.29) is 16.7 Å². The van der Waals surface area contributed by atoms with Gasteiger partial charge in [-0.25, -0.2) is 4.79 Å². The number of anilines is 1. The molecule has 1 rings (SSSR count). The standard InChI is InChI=1S/C11H11NO3/c1-6(2)10(13)9-5-7(12)3-4-8(9)11(14)15/h3-5H,1,12H2,2H3,(H,14,15). The van der Waals surface area contributed by atoms with E-state index >= 15 is 0 Å². The number of aromatic carboxylic acids is 1. The first-order chi connectivity index (χ1) is 6.93. The second-order valence-electron chi connectivity index (χ2n) is 3.22. The molecule has 0 unspecified atom stereocenters. The monoisotopic (exact) mass is 205 g/mol. The summed E-state index contributed by atoms with van der Waals surface area (Å²) in [6.45, 7) is 5.00. The highest BCUT2D eigenvalue weighted by molar-refractivity contribution is 6.13. The Morgan fingerprint density at radius 1 is 1.33 bits per heavy atom. The molecule has 1 aromatic carbocycles. The fourth-order valence-corrected chi connectivity index (χ4v) is 1.17. The maximum absolute atomic E-state index is 11.6. The molecule has 0 fully saturated rings. The lowest BCUT2D eigenvalue weighted by Crippen LogP contribution is -2.09. The van der Waals surface area contributed by atoms with Gasteiger partial charge in [-0.1, -0.05) is 6.58 Å². The Hall–Kier alpha value is -2.10. The summed E-state index contributed by atoms with van der Waals surface area (Å²) in [7, 11) is 0. The Balaban J connectivity index is 3.37. The van der Waals surface area contributed by atoms with E-state index < -0.39 is 11.8 Å². The average Bonchev–Trinajstić information content (AvgIpc) is 2.15. The summed E-state index contributed by atoms with van der Waals surface area (Å²) >= 11 is 0. The number of ketones is 1. The van der Waals surface area contributed by atoms with Crippen LogP contribution in [0.1, 0.15) is 27.6 Å². The van der Waals surface area contributed by atoms with Crippen molar-refractivity contribution < 1.29 is 14.7 Å². The molecule has 0 atom stereocenters. The smallest absolute Gasteiger partial charge is 0.336 e. The van der Waals surface area contributed by atoms with Crippen molar-refractivity contribution in [3.63, 3.8) is 0 Å². The van der Waals surface area contributed by atoms with Gasteiger partial charge in [0.15, 0.2) is 5.78 Å². The van der Waals surface area contributed by atoms with Gasteiger partial charge in [0.1, 0.15) is 0 Å². The van der Waals surface area contributed by atoms with Gasteiger partial charge in [0.05, 0.1) is 5.56 Å². The quantitative estimate of drug-likeness (QED) is 0.447. The number of carbonyl (C=O) groups is 2. The highest BCUT2D eigenvalue weighted by Crippen LogP contribution is 2.17. The van der Waals surface area contributed by atoms with E-state index in [1.807, 2.05) is 0 Å². The second-order valence-corrected chi connectivity index (χ2v) is 3.22. The third-order valence-electron chi connectivity index (χ3n) is 1.91. The fraction of sp³-hybridized carbons (Fsp3) is 0.0909. The molecule has 0 aromatic heterocycles. The summed E-state index contributed by atoms with van der Waals surface area (Å²) in [5.41, 5.74) is 6.14. The van der Waals surface area contributed by atoms with Crippen LogP contribution >= 0.6 is 0 Å². The van der Waals surface area contributed by atoms with Crippen molar-refractivity contribution in [1.82, 2.24) is 0 Å². The van der Waals surface area contributed by atoms with E-state index in [2.05, 4.69) is 6.58 Å². The molecule has 78 valence electrons. The number of nitrogen functional groups attached to an aromatic ring is 1. The number of carboxylic acid groups (broad SMARTS) is 1. The lowest BCUT2D eigenvalue weighted by molar-refractivity contribution is 0.0693. The van der Waals surface area contributed by atoms with Crippen molar-refractivity contribution in [1.29, 1.82) is 0 Å². The van der Waals surface area contributed by atoms with E-state index in [0.29, 0.717) is 5.69 Å².